The Balaban J connectivity index is 1.65. The molecule has 4 rings (SSSR count). The molecule has 2 aromatic rings. The average molecular weight is 572 g/mol. The summed E-state index contributed by atoms with van der Waals surface area (Å²) in [5.41, 5.74) is -2.19. The Kier molecular flexibility index (Phi) is 8.42. The van der Waals surface area contributed by atoms with Crippen LogP contribution >= 0.6 is 0 Å². The van der Waals surface area contributed by atoms with Crippen molar-refractivity contribution in [1.82, 2.24) is 9.97 Å². The summed E-state index contributed by atoms with van der Waals surface area (Å²) in [6, 6.07) is 2.47. The van der Waals surface area contributed by atoms with E-state index in [0.29, 0.717) is 5.82 Å². The van der Waals surface area contributed by atoms with Crippen LogP contribution in [-0.4, -0.2) is 66.5 Å². The SMILES string of the molecule is COCCOc1c([C@H]2[C@@H](C)[C@@](C)(C(F)(F)F)O[C@H]2C(=O)Nc2cnc(C3COC(C)(C)O3)nc2)ccc(F)c1C. The first-order valence-corrected chi connectivity index (χ1v) is 12.8. The highest BCUT2D eigenvalue weighted by molar-refractivity contribution is 5.95. The Morgan fingerprint density at radius 2 is 1.82 bits per heavy atom. The van der Waals surface area contributed by atoms with E-state index in [1.165, 1.54) is 39.4 Å². The van der Waals surface area contributed by atoms with Gasteiger partial charge in [-0.15, -0.1) is 0 Å². The Labute approximate surface area is 229 Å². The van der Waals surface area contributed by atoms with Crippen molar-refractivity contribution in [3.05, 3.63) is 47.3 Å². The van der Waals surface area contributed by atoms with Gasteiger partial charge < -0.3 is 29.0 Å². The molecule has 0 spiro atoms. The predicted molar refractivity (Wildman–Crippen MR) is 134 cm³/mol. The largest absolute Gasteiger partial charge is 0.491 e. The van der Waals surface area contributed by atoms with Crippen LogP contribution in [0.4, 0.5) is 23.2 Å². The molecule has 0 bridgehead atoms. The molecule has 2 aliphatic heterocycles. The van der Waals surface area contributed by atoms with Gasteiger partial charge in [-0.3, -0.25) is 4.79 Å². The van der Waals surface area contributed by atoms with E-state index in [1.54, 1.807) is 13.8 Å². The molecule has 0 saturated carbocycles. The van der Waals surface area contributed by atoms with Crippen molar-refractivity contribution in [2.24, 2.45) is 5.92 Å². The lowest BCUT2D eigenvalue weighted by atomic mass is 9.76. The second-order valence-electron chi connectivity index (χ2n) is 10.5. The molecule has 13 heteroatoms. The number of aromatic nitrogens is 2. The molecule has 1 unspecified atom stereocenters. The van der Waals surface area contributed by atoms with Crippen molar-refractivity contribution in [2.75, 3.05) is 32.2 Å². The van der Waals surface area contributed by atoms with Crippen LogP contribution in [0.1, 0.15) is 56.7 Å². The Morgan fingerprint density at radius 1 is 1.15 bits per heavy atom. The summed E-state index contributed by atoms with van der Waals surface area (Å²) < 4.78 is 84.8. The summed E-state index contributed by atoms with van der Waals surface area (Å²) in [6.07, 6.45) is -4.25. The second kappa shape index (κ2) is 11.2. The lowest BCUT2D eigenvalue weighted by molar-refractivity contribution is -0.272. The Bertz CT molecular complexity index is 1230. The third-order valence-corrected chi connectivity index (χ3v) is 7.43. The van der Waals surface area contributed by atoms with Crippen LogP contribution < -0.4 is 10.1 Å². The number of carbonyl (C=O) groups excluding carboxylic acids is 1. The number of anilines is 1. The van der Waals surface area contributed by atoms with Gasteiger partial charge in [0.05, 0.1) is 31.3 Å². The van der Waals surface area contributed by atoms with Crippen LogP contribution in [0.25, 0.3) is 0 Å². The number of nitrogens with one attached hydrogen (secondary N) is 1. The van der Waals surface area contributed by atoms with E-state index >= 15 is 0 Å². The number of alkyl halides is 3. The first-order valence-electron chi connectivity index (χ1n) is 12.8. The minimum absolute atomic E-state index is 0.0276. The summed E-state index contributed by atoms with van der Waals surface area (Å²) >= 11 is 0. The maximum Gasteiger partial charge on any atom is 0.417 e. The number of nitrogens with zero attached hydrogens (tertiary/aromatic N) is 2. The summed E-state index contributed by atoms with van der Waals surface area (Å²) in [5.74, 6) is -4.21. The molecule has 9 nitrogen and oxygen atoms in total. The standard InChI is InChI=1S/C27H33F4N3O6/c1-14-18(28)8-7-17(21(14)37-10-9-36-6)20-15(2)26(5,27(29,30)31)40-22(20)24(35)34-16-11-32-23(33-12-16)19-13-38-25(3,4)39-19/h7-8,11-12,15,19-20,22H,9-10,13H2,1-6H3,(H,34,35)/t15-,19?,20-,22-,26+/m1/s1. The third-order valence-electron chi connectivity index (χ3n) is 7.43. The van der Waals surface area contributed by atoms with E-state index < -0.39 is 53.3 Å². The van der Waals surface area contributed by atoms with Gasteiger partial charge in [-0.05, 0) is 33.8 Å². The average Bonchev–Trinajstić information content (AvgIpc) is 3.39. The fourth-order valence-electron chi connectivity index (χ4n) is 4.99. The smallest absolute Gasteiger partial charge is 0.417 e. The van der Waals surface area contributed by atoms with E-state index in [2.05, 4.69) is 15.3 Å². The number of hydrogen-bond acceptors (Lipinski definition) is 8. The predicted octanol–water partition coefficient (Wildman–Crippen LogP) is 4.85. The van der Waals surface area contributed by atoms with E-state index in [-0.39, 0.29) is 42.4 Å². The van der Waals surface area contributed by atoms with Gasteiger partial charge in [-0.25, -0.2) is 14.4 Å². The van der Waals surface area contributed by atoms with Crippen LogP contribution in [0.2, 0.25) is 0 Å². The molecule has 5 atom stereocenters. The number of carbonyl (C=O) groups is 1. The van der Waals surface area contributed by atoms with Crippen LogP contribution in [0.15, 0.2) is 24.5 Å². The van der Waals surface area contributed by atoms with Crippen molar-refractivity contribution in [3.8, 4) is 5.75 Å². The van der Waals surface area contributed by atoms with Crippen LogP contribution in [0.3, 0.4) is 0 Å². The van der Waals surface area contributed by atoms with Crippen molar-refractivity contribution >= 4 is 11.6 Å². The third kappa shape index (κ3) is 5.78. The maximum atomic E-state index is 14.5. The van der Waals surface area contributed by atoms with Gasteiger partial charge in [-0.2, -0.15) is 13.2 Å². The minimum atomic E-state index is -4.80. The number of benzene rings is 1. The number of halogens is 4. The van der Waals surface area contributed by atoms with E-state index in [1.807, 2.05) is 0 Å². The summed E-state index contributed by atoms with van der Waals surface area (Å²) in [4.78, 5) is 21.9. The Morgan fingerprint density at radius 3 is 2.40 bits per heavy atom. The fourth-order valence-corrected chi connectivity index (χ4v) is 4.99. The van der Waals surface area contributed by atoms with Crippen molar-refractivity contribution < 1.29 is 46.0 Å². The molecule has 3 heterocycles. The number of hydrogen-bond donors (Lipinski definition) is 1. The van der Waals surface area contributed by atoms with Crippen LogP contribution in [0, 0.1) is 18.7 Å². The van der Waals surface area contributed by atoms with Gasteiger partial charge in [0.25, 0.3) is 5.91 Å². The molecule has 220 valence electrons. The summed E-state index contributed by atoms with van der Waals surface area (Å²) in [6.45, 7) is 7.67. The summed E-state index contributed by atoms with van der Waals surface area (Å²) in [7, 11) is 1.45. The zero-order valence-electron chi connectivity index (χ0n) is 23.1. The molecule has 40 heavy (non-hydrogen) atoms. The number of ether oxygens (including phenoxy) is 5. The molecule has 1 N–H and O–H groups in total. The molecular formula is C27H33F4N3O6. The molecule has 1 aromatic carbocycles. The Hall–Kier alpha value is -2.87. The molecule has 0 radical (unpaired) electrons. The highest BCUT2D eigenvalue weighted by Crippen LogP contribution is 2.55. The lowest BCUT2D eigenvalue weighted by Crippen LogP contribution is -2.47. The molecule has 2 aliphatic rings. The van der Waals surface area contributed by atoms with Crippen LogP contribution in [0.5, 0.6) is 5.75 Å². The second-order valence-corrected chi connectivity index (χ2v) is 10.5. The zero-order valence-corrected chi connectivity index (χ0v) is 23.1. The minimum Gasteiger partial charge on any atom is -0.491 e. The van der Waals surface area contributed by atoms with Gasteiger partial charge in [0.2, 0.25) is 0 Å². The van der Waals surface area contributed by atoms with Crippen LogP contribution in [-0.2, 0) is 23.7 Å². The number of methoxy groups -OCH3 is 1. The summed E-state index contributed by atoms with van der Waals surface area (Å²) in [5, 5.41) is 2.56. The van der Waals surface area contributed by atoms with E-state index in [9.17, 15) is 22.4 Å². The molecule has 1 aromatic heterocycles. The lowest BCUT2D eigenvalue weighted by Gasteiger charge is -2.32. The molecule has 2 fully saturated rings. The van der Waals surface area contributed by atoms with E-state index in [4.69, 9.17) is 23.7 Å². The topological polar surface area (TPSA) is 101 Å². The zero-order chi connectivity index (χ0) is 29.5. The van der Waals surface area contributed by atoms with Gasteiger partial charge in [0, 0.05) is 30.1 Å². The van der Waals surface area contributed by atoms with E-state index in [0.717, 1.165) is 13.0 Å². The molecule has 2 saturated heterocycles. The number of amides is 1. The van der Waals surface area contributed by atoms with Gasteiger partial charge >= 0.3 is 6.18 Å². The fraction of sp³-hybridized carbons (Fsp3) is 0.593. The maximum absolute atomic E-state index is 14.5. The first kappa shape index (κ1) is 30.1. The highest BCUT2D eigenvalue weighted by atomic mass is 19.4. The normalized spacial score (nSPS) is 28.1. The first-order chi connectivity index (χ1) is 18.7. The monoisotopic (exact) mass is 571 g/mol. The van der Waals surface area contributed by atoms with Crippen molar-refractivity contribution in [1.29, 1.82) is 0 Å². The molecular weight excluding hydrogens is 538 g/mol. The molecule has 1 amide bonds. The highest BCUT2D eigenvalue weighted by Gasteiger charge is 2.65. The number of rotatable bonds is 8. The van der Waals surface area contributed by atoms with Crippen molar-refractivity contribution in [2.45, 2.75) is 70.3 Å². The van der Waals surface area contributed by atoms with Gasteiger partial charge in [-0.1, -0.05) is 13.0 Å². The van der Waals surface area contributed by atoms with Gasteiger partial charge in [0.15, 0.2) is 17.2 Å². The van der Waals surface area contributed by atoms with Gasteiger partial charge in [0.1, 0.15) is 30.4 Å². The van der Waals surface area contributed by atoms with Crippen molar-refractivity contribution in [3.63, 3.8) is 0 Å². The quantitative estimate of drug-likeness (QED) is 0.355. The molecule has 0 aliphatic carbocycles.